The molecule has 2 saturated heterocycles. The van der Waals surface area contributed by atoms with Gasteiger partial charge in [-0.2, -0.15) is 0 Å². The van der Waals surface area contributed by atoms with Crippen molar-refractivity contribution in [2.24, 2.45) is 0 Å². The number of benzene rings is 2. The van der Waals surface area contributed by atoms with Gasteiger partial charge in [-0.1, -0.05) is 24.6 Å². The van der Waals surface area contributed by atoms with Crippen LogP contribution in [0.4, 0.5) is 0 Å². The van der Waals surface area contributed by atoms with E-state index in [1.54, 1.807) is 7.11 Å². The molecule has 4 heteroatoms. The molecule has 2 aliphatic rings. The van der Waals surface area contributed by atoms with Crippen LogP contribution in [0.25, 0.3) is 10.8 Å². The van der Waals surface area contributed by atoms with Crippen molar-refractivity contribution in [1.29, 1.82) is 0 Å². The summed E-state index contributed by atoms with van der Waals surface area (Å²) in [7, 11) is 1.72. The zero-order valence-electron chi connectivity index (χ0n) is 16.5. The van der Waals surface area contributed by atoms with Crippen molar-refractivity contribution in [2.75, 3.05) is 40.0 Å². The summed E-state index contributed by atoms with van der Waals surface area (Å²) in [6.45, 7) is 6.26. The number of rotatable bonds is 6. The minimum absolute atomic E-state index is 0.281. The Morgan fingerprint density at radius 3 is 2.52 bits per heavy atom. The second kappa shape index (κ2) is 8.59. The first-order valence-corrected chi connectivity index (χ1v) is 10.4. The van der Waals surface area contributed by atoms with Crippen LogP contribution in [0.1, 0.15) is 37.7 Å². The van der Waals surface area contributed by atoms with Gasteiger partial charge in [0.1, 0.15) is 5.75 Å². The van der Waals surface area contributed by atoms with Crippen molar-refractivity contribution in [3.8, 4) is 5.75 Å². The van der Waals surface area contributed by atoms with Gasteiger partial charge >= 0.3 is 0 Å². The van der Waals surface area contributed by atoms with E-state index in [9.17, 15) is 0 Å². The predicted octanol–water partition coefficient (Wildman–Crippen LogP) is 3.97. The number of hydrogen-bond acceptors (Lipinski definition) is 4. The van der Waals surface area contributed by atoms with Crippen molar-refractivity contribution < 1.29 is 9.47 Å². The lowest BCUT2D eigenvalue weighted by molar-refractivity contribution is -0.0358. The third-order valence-electron chi connectivity index (χ3n) is 6.35. The average molecular weight is 369 g/mol. The van der Waals surface area contributed by atoms with Gasteiger partial charge in [-0.25, -0.2) is 0 Å². The number of nitrogens with zero attached hydrogens (tertiary/aromatic N) is 1. The first-order chi connectivity index (χ1) is 13.3. The van der Waals surface area contributed by atoms with E-state index in [0.717, 1.165) is 44.9 Å². The lowest BCUT2D eigenvalue weighted by atomic mass is 9.86. The summed E-state index contributed by atoms with van der Waals surface area (Å²) < 4.78 is 11.0. The van der Waals surface area contributed by atoms with Crippen LogP contribution in [-0.4, -0.2) is 50.4 Å². The SMILES string of the molecule is COc1ccc2cc(CNCC3(N4CCCCC4)CCOCC3)ccc2c1. The molecule has 0 unspecified atom stereocenters. The lowest BCUT2D eigenvalue weighted by Gasteiger charge is -2.48. The van der Waals surface area contributed by atoms with E-state index in [1.807, 2.05) is 6.07 Å². The smallest absolute Gasteiger partial charge is 0.119 e. The number of nitrogens with one attached hydrogen (secondary N) is 1. The summed E-state index contributed by atoms with van der Waals surface area (Å²) in [5.74, 6) is 0.913. The Kier molecular flexibility index (Phi) is 5.96. The summed E-state index contributed by atoms with van der Waals surface area (Å²) in [5.41, 5.74) is 1.62. The summed E-state index contributed by atoms with van der Waals surface area (Å²) >= 11 is 0. The molecule has 0 atom stereocenters. The molecule has 2 aromatic rings. The molecule has 4 nitrogen and oxygen atoms in total. The first-order valence-electron chi connectivity index (χ1n) is 10.4. The highest BCUT2D eigenvalue weighted by molar-refractivity contribution is 5.84. The zero-order chi connectivity index (χ0) is 18.5. The van der Waals surface area contributed by atoms with Gasteiger partial charge < -0.3 is 14.8 Å². The lowest BCUT2D eigenvalue weighted by Crippen LogP contribution is -2.59. The fourth-order valence-corrected chi connectivity index (χ4v) is 4.67. The van der Waals surface area contributed by atoms with Gasteiger partial charge in [-0.05, 0) is 73.3 Å². The Morgan fingerprint density at radius 2 is 1.74 bits per heavy atom. The maximum Gasteiger partial charge on any atom is 0.119 e. The molecule has 0 aliphatic carbocycles. The van der Waals surface area contributed by atoms with Crippen molar-refractivity contribution in [3.05, 3.63) is 42.0 Å². The summed E-state index contributed by atoms with van der Waals surface area (Å²) in [6, 6.07) is 13.0. The van der Waals surface area contributed by atoms with Gasteiger partial charge in [0, 0.05) is 31.8 Å². The van der Waals surface area contributed by atoms with Crippen LogP contribution < -0.4 is 10.1 Å². The molecule has 1 N–H and O–H groups in total. The van der Waals surface area contributed by atoms with Gasteiger partial charge in [0.25, 0.3) is 0 Å². The molecule has 0 amide bonds. The van der Waals surface area contributed by atoms with Crippen LogP contribution in [-0.2, 0) is 11.3 Å². The molecular formula is C23H32N2O2. The fourth-order valence-electron chi connectivity index (χ4n) is 4.67. The van der Waals surface area contributed by atoms with E-state index in [2.05, 4.69) is 40.5 Å². The number of piperidine rings is 1. The van der Waals surface area contributed by atoms with E-state index in [4.69, 9.17) is 9.47 Å². The predicted molar refractivity (Wildman–Crippen MR) is 110 cm³/mol. The Hall–Kier alpha value is -1.62. The monoisotopic (exact) mass is 368 g/mol. The van der Waals surface area contributed by atoms with E-state index < -0.39 is 0 Å². The standard InChI is InChI=1S/C23H32N2O2/c1-26-22-8-7-20-15-19(5-6-21(20)16-22)17-24-18-23(9-13-27-14-10-23)25-11-3-2-4-12-25/h5-8,15-16,24H,2-4,9-14,17-18H2,1H3. The Bertz CT molecular complexity index is 749. The second-order valence-corrected chi connectivity index (χ2v) is 8.04. The Balaban J connectivity index is 1.41. The van der Waals surface area contributed by atoms with Gasteiger partial charge in [0.15, 0.2) is 0 Å². The van der Waals surface area contributed by atoms with Gasteiger partial charge in [0.05, 0.1) is 7.11 Å². The van der Waals surface area contributed by atoms with Crippen LogP contribution in [0, 0.1) is 0 Å². The summed E-state index contributed by atoms with van der Waals surface area (Å²) in [4.78, 5) is 2.75. The zero-order valence-corrected chi connectivity index (χ0v) is 16.5. The number of likely N-dealkylation sites (tertiary alicyclic amines) is 1. The Labute approximate surface area is 162 Å². The van der Waals surface area contributed by atoms with E-state index in [1.165, 1.54) is 48.7 Å². The third-order valence-corrected chi connectivity index (χ3v) is 6.35. The number of hydrogen-bond donors (Lipinski definition) is 1. The van der Waals surface area contributed by atoms with Gasteiger partial charge in [0.2, 0.25) is 0 Å². The minimum atomic E-state index is 0.281. The van der Waals surface area contributed by atoms with Crippen LogP contribution in [0.5, 0.6) is 5.75 Å². The van der Waals surface area contributed by atoms with Crippen molar-refractivity contribution in [3.63, 3.8) is 0 Å². The van der Waals surface area contributed by atoms with Gasteiger partial charge in [-0.15, -0.1) is 0 Å². The molecule has 4 rings (SSSR count). The summed E-state index contributed by atoms with van der Waals surface area (Å²) in [6.07, 6.45) is 6.38. The molecule has 146 valence electrons. The molecule has 2 fully saturated rings. The van der Waals surface area contributed by atoms with Crippen molar-refractivity contribution in [2.45, 2.75) is 44.2 Å². The maximum atomic E-state index is 5.68. The highest BCUT2D eigenvalue weighted by atomic mass is 16.5. The number of ether oxygens (including phenoxy) is 2. The largest absolute Gasteiger partial charge is 0.497 e. The number of fused-ring (bicyclic) bond motifs is 1. The van der Waals surface area contributed by atoms with E-state index in [-0.39, 0.29) is 5.54 Å². The number of methoxy groups -OCH3 is 1. The molecular weight excluding hydrogens is 336 g/mol. The molecule has 0 spiro atoms. The molecule has 0 aromatic heterocycles. The second-order valence-electron chi connectivity index (χ2n) is 8.04. The molecule has 0 saturated carbocycles. The minimum Gasteiger partial charge on any atom is -0.497 e. The maximum absolute atomic E-state index is 5.68. The van der Waals surface area contributed by atoms with Gasteiger partial charge in [-0.3, -0.25) is 4.90 Å². The van der Waals surface area contributed by atoms with Crippen molar-refractivity contribution in [1.82, 2.24) is 10.2 Å². The topological polar surface area (TPSA) is 33.7 Å². The molecule has 2 aliphatic heterocycles. The first kappa shape index (κ1) is 18.7. The molecule has 27 heavy (non-hydrogen) atoms. The average Bonchev–Trinajstić information content (AvgIpc) is 2.74. The highest BCUT2D eigenvalue weighted by Crippen LogP contribution is 2.30. The fraction of sp³-hybridized carbons (Fsp3) is 0.565. The van der Waals surface area contributed by atoms with Crippen molar-refractivity contribution >= 4 is 10.8 Å². The van der Waals surface area contributed by atoms with E-state index in [0.29, 0.717) is 0 Å². The summed E-state index contributed by atoms with van der Waals surface area (Å²) in [5, 5.41) is 6.27. The molecule has 2 heterocycles. The quantitative estimate of drug-likeness (QED) is 0.836. The molecule has 2 aromatic carbocycles. The van der Waals surface area contributed by atoms with Crippen LogP contribution >= 0.6 is 0 Å². The molecule has 0 bridgehead atoms. The molecule has 0 radical (unpaired) electrons. The van der Waals surface area contributed by atoms with E-state index >= 15 is 0 Å². The van der Waals surface area contributed by atoms with Crippen LogP contribution in [0.2, 0.25) is 0 Å². The van der Waals surface area contributed by atoms with Crippen LogP contribution in [0.3, 0.4) is 0 Å². The Morgan fingerprint density at radius 1 is 1.00 bits per heavy atom. The third kappa shape index (κ3) is 4.29. The van der Waals surface area contributed by atoms with Crippen LogP contribution in [0.15, 0.2) is 36.4 Å². The normalized spacial score (nSPS) is 20.6. The highest BCUT2D eigenvalue weighted by Gasteiger charge is 2.38.